The molecule has 1 N–H and O–H groups in total. The number of ether oxygens (including phenoxy) is 2. The van der Waals surface area contributed by atoms with Crippen molar-refractivity contribution in [1.29, 1.82) is 0 Å². The molecule has 5 heteroatoms. The van der Waals surface area contributed by atoms with Crippen molar-refractivity contribution in [2.75, 3.05) is 20.3 Å². The van der Waals surface area contributed by atoms with E-state index >= 15 is 0 Å². The molecule has 0 saturated carbocycles. The van der Waals surface area contributed by atoms with Crippen LogP contribution in [-0.2, 0) is 14.3 Å². The highest BCUT2D eigenvalue weighted by atomic mass is 16.5. The molecule has 0 unspecified atom stereocenters. The second-order valence-corrected chi connectivity index (χ2v) is 1.65. The number of hydrogen-bond acceptors (Lipinski definition) is 4. The second-order valence-electron chi connectivity index (χ2n) is 1.65. The molecule has 0 aromatic heterocycles. The van der Waals surface area contributed by atoms with Gasteiger partial charge in [0.25, 0.3) is 0 Å². The van der Waals surface area contributed by atoms with Crippen LogP contribution in [0.5, 0.6) is 0 Å². The summed E-state index contributed by atoms with van der Waals surface area (Å²) in [6.07, 6.45) is -0.641. The van der Waals surface area contributed by atoms with Crippen molar-refractivity contribution in [2.45, 2.75) is 6.92 Å². The number of methoxy groups -OCH3 is 1. The van der Waals surface area contributed by atoms with E-state index in [0.29, 0.717) is 6.61 Å². The van der Waals surface area contributed by atoms with Gasteiger partial charge in [-0.05, 0) is 6.92 Å². The summed E-state index contributed by atoms with van der Waals surface area (Å²) in [6, 6.07) is 0. The summed E-state index contributed by atoms with van der Waals surface area (Å²) in [5.41, 5.74) is 0. The highest BCUT2D eigenvalue weighted by Gasteiger charge is 2.03. The Morgan fingerprint density at radius 2 is 2.09 bits per heavy atom. The van der Waals surface area contributed by atoms with E-state index < -0.39 is 12.1 Å². The first kappa shape index (κ1) is 9.74. The van der Waals surface area contributed by atoms with Crippen LogP contribution in [0.2, 0.25) is 0 Å². The topological polar surface area (TPSA) is 64.6 Å². The third-order valence-electron chi connectivity index (χ3n) is 0.868. The van der Waals surface area contributed by atoms with Gasteiger partial charge in [0.05, 0.1) is 13.7 Å². The third-order valence-corrected chi connectivity index (χ3v) is 0.868. The zero-order valence-electron chi connectivity index (χ0n) is 6.55. The molecule has 64 valence electrons. The van der Waals surface area contributed by atoms with Gasteiger partial charge >= 0.3 is 12.1 Å². The van der Waals surface area contributed by atoms with Gasteiger partial charge in [-0.1, -0.05) is 0 Å². The van der Waals surface area contributed by atoms with Crippen LogP contribution in [0.3, 0.4) is 0 Å². The number of esters is 1. The minimum Gasteiger partial charge on any atom is -0.465 e. The van der Waals surface area contributed by atoms with Crippen LogP contribution in [-0.4, -0.2) is 32.3 Å². The van der Waals surface area contributed by atoms with E-state index in [2.05, 4.69) is 14.8 Å². The first-order valence-electron chi connectivity index (χ1n) is 3.18. The summed E-state index contributed by atoms with van der Waals surface area (Å²) in [7, 11) is 1.22. The van der Waals surface area contributed by atoms with Crippen molar-refractivity contribution < 1.29 is 19.1 Å². The van der Waals surface area contributed by atoms with Gasteiger partial charge in [-0.2, -0.15) is 0 Å². The van der Waals surface area contributed by atoms with Crippen LogP contribution in [0.25, 0.3) is 0 Å². The Kier molecular flexibility index (Phi) is 4.89. The molecule has 0 fully saturated rings. The fraction of sp³-hybridized carbons (Fsp3) is 0.667. The molecule has 0 heterocycles. The molecule has 0 aliphatic heterocycles. The van der Waals surface area contributed by atoms with Crippen LogP contribution in [0.15, 0.2) is 0 Å². The predicted molar refractivity (Wildman–Crippen MR) is 37.0 cm³/mol. The highest BCUT2D eigenvalue weighted by molar-refractivity contribution is 5.77. The maximum absolute atomic E-state index is 10.6. The molecule has 0 spiro atoms. The maximum atomic E-state index is 10.6. The molecule has 0 aromatic rings. The predicted octanol–water partition coefficient (Wildman–Crippen LogP) is -0.0945. The molecule has 0 radical (unpaired) electrons. The molecule has 0 saturated heterocycles. The molecule has 11 heavy (non-hydrogen) atoms. The number of hydrogen-bond donors (Lipinski definition) is 1. The monoisotopic (exact) mass is 161 g/mol. The lowest BCUT2D eigenvalue weighted by atomic mass is 10.6. The molecule has 0 aliphatic rings. The van der Waals surface area contributed by atoms with Crippen LogP contribution in [0.1, 0.15) is 6.92 Å². The standard InChI is InChI=1S/C6H11NO4/c1-3-11-5(8)4-7-6(9)10-2/h3-4H2,1-2H3,(H,7,9). The molecular formula is C6H11NO4. The Balaban J connectivity index is 3.38. The molecule has 0 rings (SSSR count). The second kappa shape index (κ2) is 5.52. The van der Waals surface area contributed by atoms with Gasteiger partial charge in [0, 0.05) is 0 Å². The van der Waals surface area contributed by atoms with Gasteiger partial charge in [-0.25, -0.2) is 4.79 Å². The number of carbonyl (C=O) groups excluding carboxylic acids is 2. The van der Waals surface area contributed by atoms with Crippen molar-refractivity contribution >= 4 is 12.1 Å². The van der Waals surface area contributed by atoms with Gasteiger partial charge < -0.3 is 14.8 Å². The van der Waals surface area contributed by atoms with Gasteiger partial charge in [0.15, 0.2) is 0 Å². The zero-order chi connectivity index (χ0) is 8.69. The van der Waals surface area contributed by atoms with E-state index in [1.807, 2.05) is 0 Å². The van der Waals surface area contributed by atoms with Crippen LogP contribution in [0, 0.1) is 0 Å². The summed E-state index contributed by atoms with van der Waals surface area (Å²) < 4.78 is 8.75. The fourth-order valence-corrected chi connectivity index (χ4v) is 0.429. The van der Waals surface area contributed by atoms with Gasteiger partial charge in [0.1, 0.15) is 6.54 Å². The van der Waals surface area contributed by atoms with E-state index in [4.69, 9.17) is 0 Å². The largest absolute Gasteiger partial charge is 0.465 e. The van der Waals surface area contributed by atoms with Crippen molar-refractivity contribution in [1.82, 2.24) is 5.32 Å². The minimum absolute atomic E-state index is 0.152. The summed E-state index contributed by atoms with van der Waals surface area (Å²) in [6.45, 7) is 1.85. The molecule has 0 bridgehead atoms. The van der Waals surface area contributed by atoms with Crippen LogP contribution < -0.4 is 5.32 Å². The van der Waals surface area contributed by atoms with E-state index in [0.717, 1.165) is 0 Å². The van der Waals surface area contributed by atoms with Crippen molar-refractivity contribution in [2.24, 2.45) is 0 Å². The summed E-state index contributed by atoms with van der Waals surface area (Å²) >= 11 is 0. The number of nitrogens with one attached hydrogen (secondary N) is 1. The van der Waals surface area contributed by atoms with Gasteiger partial charge in [0.2, 0.25) is 0 Å². The van der Waals surface area contributed by atoms with E-state index in [-0.39, 0.29) is 6.54 Å². The highest BCUT2D eigenvalue weighted by Crippen LogP contribution is 1.76. The number of carbonyl (C=O) groups is 2. The Hall–Kier alpha value is -1.26. The van der Waals surface area contributed by atoms with Gasteiger partial charge in [-0.3, -0.25) is 4.79 Å². The average Bonchev–Trinajstić information content (AvgIpc) is 2.01. The molecular weight excluding hydrogens is 150 g/mol. The van der Waals surface area contributed by atoms with Crippen molar-refractivity contribution in [3.63, 3.8) is 0 Å². The minimum atomic E-state index is -0.641. The third kappa shape index (κ3) is 5.20. The lowest BCUT2D eigenvalue weighted by Gasteiger charge is -2.02. The molecule has 0 atom stereocenters. The number of rotatable bonds is 3. The van der Waals surface area contributed by atoms with Gasteiger partial charge in [-0.15, -0.1) is 0 Å². The number of alkyl carbamates (subject to hydrolysis) is 1. The van der Waals surface area contributed by atoms with E-state index in [1.54, 1.807) is 6.92 Å². The quantitative estimate of drug-likeness (QED) is 0.587. The normalized spacial score (nSPS) is 8.55. The van der Waals surface area contributed by atoms with E-state index in [9.17, 15) is 9.59 Å². The lowest BCUT2D eigenvalue weighted by Crippen LogP contribution is -2.30. The summed E-state index contributed by atoms with van der Waals surface area (Å²) in [5.74, 6) is -0.474. The SMILES string of the molecule is CCOC(=O)CNC(=O)OC. The first-order chi connectivity index (χ1) is 5.20. The van der Waals surface area contributed by atoms with Crippen molar-refractivity contribution in [3.05, 3.63) is 0 Å². The van der Waals surface area contributed by atoms with Crippen molar-refractivity contribution in [3.8, 4) is 0 Å². The summed E-state index contributed by atoms with van der Waals surface area (Å²) in [4.78, 5) is 21.0. The Labute approximate surface area is 64.7 Å². The Morgan fingerprint density at radius 3 is 2.55 bits per heavy atom. The Morgan fingerprint density at radius 1 is 1.45 bits per heavy atom. The zero-order valence-corrected chi connectivity index (χ0v) is 6.55. The lowest BCUT2D eigenvalue weighted by molar-refractivity contribution is -0.141. The van der Waals surface area contributed by atoms with Crippen LogP contribution in [0.4, 0.5) is 4.79 Å². The first-order valence-corrected chi connectivity index (χ1v) is 3.18. The van der Waals surface area contributed by atoms with E-state index in [1.165, 1.54) is 7.11 Å². The Bertz CT molecular complexity index is 146. The molecule has 5 nitrogen and oxygen atoms in total. The smallest absolute Gasteiger partial charge is 0.407 e. The summed E-state index contributed by atoms with van der Waals surface area (Å²) in [5, 5.41) is 2.18. The molecule has 1 amide bonds. The number of amides is 1. The fourth-order valence-electron chi connectivity index (χ4n) is 0.429. The molecule has 0 aliphatic carbocycles. The molecule has 0 aromatic carbocycles. The average molecular weight is 161 g/mol. The maximum Gasteiger partial charge on any atom is 0.407 e. The van der Waals surface area contributed by atoms with Crippen LogP contribution >= 0.6 is 0 Å².